The lowest BCUT2D eigenvalue weighted by Gasteiger charge is -2.00. The van der Waals surface area contributed by atoms with Gasteiger partial charge in [-0.25, -0.2) is 4.79 Å². The first-order chi connectivity index (χ1) is 7.75. The highest BCUT2D eigenvalue weighted by Gasteiger charge is 2.02. The van der Waals surface area contributed by atoms with Crippen molar-refractivity contribution in [1.29, 1.82) is 0 Å². The summed E-state index contributed by atoms with van der Waals surface area (Å²) in [6, 6.07) is 10.6. The van der Waals surface area contributed by atoms with Crippen LogP contribution in [-0.4, -0.2) is 11.1 Å². The van der Waals surface area contributed by atoms with Gasteiger partial charge >= 0.3 is 5.97 Å². The number of aromatic carboxylic acids is 1. The third-order valence-corrected chi connectivity index (χ3v) is 3.10. The molecule has 3 nitrogen and oxygen atoms in total. The molecule has 0 radical (unpaired) electrons. The molecule has 1 aromatic heterocycles. The number of rotatable bonds is 4. The van der Waals surface area contributed by atoms with Gasteiger partial charge in [0.1, 0.15) is 5.76 Å². The molecule has 0 saturated heterocycles. The second-order valence-electron chi connectivity index (χ2n) is 3.20. The fourth-order valence-electron chi connectivity index (χ4n) is 1.24. The second-order valence-corrected chi connectivity index (χ2v) is 4.25. The smallest absolute Gasteiger partial charge is 0.335 e. The number of thioether (sulfide) groups is 1. The Morgan fingerprint density at radius 1 is 1.25 bits per heavy atom. The van der Waals surface area contributed by atoms with Gasteiger partial charge in [0.25, 0.3) is 0 Å². The lowest BCUT2D eigenvalue weighted by Crippen LogP contribution is -1.94. The van der Waals surface area contributed by atoms with Crippen molar-refractivity contribution in [3.05, 3.63) is 54.0 Å². The van der Waals surface area contributed by atoms with Crippen molar-refractivity contribution in [2.24, 2.45) is 0 Å². The summed E-state index contributed by atoms with van der Waals surface area (Å²) in [6.07, 6.45) is 1.64. The molecule has 0 amide bonds. The van der Waals surface area contributed by atoms with E-state index in [1.54, 1.807) is 42.3 Å². The molecule has 1 N–H and O–H groups in total. The van der Waals surface area contributed by atoms with E-state index in [1.165, 1.54) is 0 Å². The van der Waals surface area contributed by atoms with Gasteiger partial charge in [0, 0.05) is 4.90 Å². The van der Waals surface area contributed by atoms with Gasteiger partial charge in [-0.3, -0.25) is 0 Å². The fraction of sp³-hybridized carbons (Fsp3) is 0.0833. The van der Waals surface area contributed by atoms with E-state index in [0.29, 0.717) is 5.56 Å². The van der Waals surface area contributed by atoms with E-state index in [4.69, 9.17) is 9.52 Å². The molecule has 1 heterocycles. The van der Waals surface area contributed by atoms with Crippen LogP contribution >= 0.6 is 11.8 Å². The Bertz CT molecular complexity index is 460. The molecule has 0 fully saturated rings. The van der Waals surface area contributed by atoms with E-state index in [2.05, 4.69) is 0 Å². The largest absolute Gasteiger partial charge is 0.478 e. The van der Waals surface area contributed by atoms with E-state index < -0.39 is 5.97 Å². The maximum absolute atomic E-state index is 10.6. The number of hydrogen-bond donors (Lipinski definition) is 1. The summed E-state index contributed by atoms with van der Waals surface area (Å²) in [5.74, 6) is 0.759. The SMILES string of the molecule is O=C(O)c1ccc(SCc2ccco2)cc1. The predicted molar refractivity (Wildman–Crippen MR) is 61.7 cm³/mol. The number of carboxylic acids is 1. The molecule has 0 aliphatic heterocycles. The lowest BCUT2D eigenvalue weighted by atomic mass is 10.2. The zero-order valence-corrected chi connectivity index (χ0v) is 9.24. The molecular formula is C12H10O3S. The van der Waals surface area contributed by atoms with Crippen molar-refractivity contribution >= 4 is 17.7 Å². The van der Waals surface area contributed by atoms with E-state index in [9.17, 15) is 4.79 Å². The molecule has 0 unspecified atom stereocenters. The van der Waals surface area contributed by atoms with Crippen LogP contribution in [-0.2, 0) is 5.75 Å². The highest BCUT2D eigenvalue weighted by atomic mass is 32.2. The maximum atomic E-state index is 10.6. The minimum Gasteiger partial charge on any atom is -0.478 e. The van der Waals surface area contributed by atoms with Crippen LogP contribution in [0.15, 0.2) is 52.0 Å². The summed E-state index contributed by atoms with van der Waals surface area (Å²) in [5, 5.41) is 8.73. The van der Waals surface area contributed by atoms with Gasteiger partial charge in [0.15, 0.2) is 0 Å². The van der Waals surface area contributed by atoms with Crippen molar-refractivity contribution in [3.8, 4) is 0 Å². The standard InChI is InChI=1S/C12H10O3S/c13-12(14)9-3-5-11(6-4-9)16-8-10-2-1-7-15-10/h1-7H,8H2,(H,13,14). The number of carboxylic acid groups (broad SMARTS) is 1. The number of benzene rings is 1. The predicted octanol–water partition coefficient (Wildman–Crippen LogP) is 3.27. The molecular weight excluding hydrogens is 224 g/mol. The molecule has 1 aromatic carbocycles. The highest BCUT2D eigenvalue weighted by Crippen LogP contribution is 2.23. The van der Waals surface area contributed by atoms with Crippen LogP contribution < -0.4 is 0 Å². The topological polar surface area (TPSA) is 50.4 Å². The Balaban J connectivity index is 1.98. The van der Waals surface area contributed by atoms with Crippen LogP contribution in [0.1, 0.15) is 16.1 Å². The third kappa shape index (κ3) is 2.67. The normalized spacial score (nSPS) is 10.2. The zero-order chi connectivity index (χ0) is 11.4. The van der Waals surface area contributed by atoms with E-state index in [-0.39, 0.29) is 0 Å². The molecule has 4 heteroatoms. The number of carbonyl (C=O) groups is 1. The Morgan fingerprint density at radius 3 is 2.56 bits per heavy atom. The van der Waals surface area contributed by atoms with Crippen molar-refractivity contribution in [3.63, 3.8) is 0 Å². The second kappa shape index (κ2) is 4.90. The quantitative estimate of drug-likeness (QED) is 0.825. The van der Waals surface area contributed by atoms with E-state index >= 15 is 0 Å². The fourth-order valence-corrected chi connectivity index (χ4v) is 2.04. The van der Waals surface area contributed by atoms with Crippen LogP contribution in [0, 0.1) is 0 Å². The molecule has 0 spiro atoms. The number of furan rings is 1. The molecule has 2 rings (SSSR count). The highest BCUT2D eigenvalue weighted by molar-refractivity contribution is 7.98. The first-order valence-electron chi connectivity index (χ1n) is 4.74. The van der Waals surface area contributed by atoms with Crippen molar-refractivity contribution in [2.75, 3.05) is 0 Å². The van der Waals surface area contributed by atoms with Crippen LogP contribution in [0.3, 0.4) is 0 Å². The zero-order valence-electron chi connectivity index (χ0n) is 8.42. The van der Waals surface area contributed by atoms with Gasteiger partial charge in [-0.2, -0.15) is 0 Å². The third-order valence-electron chi connectivity index (χ3n) is 2.06. The summed E-state index contributed by atoms with van der Waals surface area (Å²) in [6.45, 7) is 0. The minimum atomic E-state index is -0.900. The molecule has 82 valence electrons. The first-order valence-corrected chi connectivity index (χ1v) is 5.73. The summed E-state index contributed by atoms with van der Waals surface area (Å²) in [5.41, 5.74) is 0.308. The van der Waals surface area contributed by atoms with Gasteiger partial charge in [0.05, 0.1) is 17.6 Å². The summed E-state index contributed by atoms with van der Waals surface area (Å²) in [7, 11) is 0. The van der Waals surface area contributed by atoms with Crippen LogP contribution in [0.2, 0.25) is 0 Å². The van der Waals surface area contributed by atoms with Crippen LogP contribution in [0.25, 0.3) is 0 Å². The van der Waals surface area contributed by atoms with E-state index in [0.717, 1.165) is 16.4 Å². The van der Waals surface area contributed by atoms with Gasteiger partial charge in [-0.1, -0.05) is 0 Å². The summed E-state index contributed by atoms with van der Waals surface area (Å²) < 4.78 is 5.20. The van der Waals surface area contributed by atoms with Gasteiger partial charge < -0.3 is 9.52 Å². The van der Waals surface area contributed by atoms with Gasteiger partial charge in [-0.05, 0) is 36.4 Å². The average Bonchev–Trinajstić information content (AvgIpc) is 2.80. The van der Waals surface area contributed by atoms with Crippen molar-refractivity contribution in [1.82, 2.24) is 0 Å². The van der Waals surface area contributed by atoms with Crippen molar-refractivity contribution in [2.45, 2.75) is 10.6 Å². The minimum absolute atomic E-state index is 0.308. The van der Waals surface area contributed by atoms with Gasteiger partial charge in [0.2, 0.25) is 0 Å². The van der Waals surface area contributed by atoms with Crippen LogP contribution in [0.4, 0.5) is 0 Å². The molecule has 0 aliphatic rings. The molecule has 0 bridgehead atoms. The molecule has 0 saturated carbocycles. The van der Waals surface area contributed by atoms with E-state index in [1.807, 2.05) is 12.1 Å². The monoisotopic (exact) mass is 234 g/mol. The first kappa shape index (κ1) is 10.8. The average molecular weight is 234 g/mol. The Kier molecular flexibility index (Phi) is 3.31. The summed E-state index contributed by atoms with van der Waals surface area (Å²) >= 11 is 1.61. The number of hydrogen-bond acceptors (Lipinski definition) is 3. The molecule has 0 aliphatic carbocycles. The summed E-state index contributed by atoms with van der Waals surface area (Å²) in [4.78, 5) is 11.7. The molecule has 16 heavy (non-hydrogen) atoms. The Labute approximate surface area is 97.1 Å². The Hall–Kier alpha value is -1.68. The van der Waals surface area contributed by atoms with Gasteiger partial charge in [-0.15, -0.1) is 11.8 Å². The molecule has 2 aromatic rings. The maximum Gasteiger partial charge on any atom is 0.335 e. The lowest BCUT2D eigenvalue weighted by molar-refractivity contribution is 0.0697. The Morgan fingerprint density at radius 2 is 2.00 bits per heavy atom. The van der Waals surface area contributed by atoms with Crippen LogP contribution in [0.5, 0.6) is 0 Å². The molecule has 0 atom stereocenters. The van der Waals surface area contributed by atoms with Crippen molar-refractivity contribution < 1.29 is 14.3 Å².